The van der Waals surface area contributed by atoms with Crippen LogP contribution < -0.4 is 5.32 Å². The third-order valence-electron chi connectivity index (χ3n) is 4.22. The van der Waals surface area contributed by atoms with E-state index in [2.05, 4.69) is 10.4 Å². The number of hydrogen-bond acceptors (Lipinski definition) is 4. The van der Waals surface area contributed by atoms with E-state index in [1.54, 1.807) is 24.4 Å². The molecule has 1 aromatic heterocycles. The van der Waals surface area contributed by atoms with E-state index in [1.165, 1.54) is 17.8 Å². The molecule has 2 aromatic carbocycles. The fraction of sp³-hybridized carbons (Fsp3) is 0.0526. The molecule has 0 saturated heterocycles. The monoisotopic (exact) mass is 346 g/mol. The van der Waals surface area contributed by atoms with Crippen LogP contribution in [-0.2, 0) is 0 Å². The third kappa shape index (κ3) is 2.46. The van der Waals surface area contributed by atoms with Gasteiger partial charge in [0.05, 0.1) is 23.0 Å². The number of carbonyl (C=O) groups excluding carboxylic acids is 3. The summed E-state index contributed by atoms with van der Waals surface area (Å²) >= 11 is 0. The number of carbonyl (C=O) groups is 3. The van der Waals surface area contributed by atoms with Crippen LogP contribution in [0.3, 0.4) is 0 Å². The van der Waals surface area contributed by atoms with E-state index in [0.29, 0.717) is 16.9 Å². The van der Waals surface area contributed by atoms with Crippen LogP contribution in [0.4, 0.5) is 5.69 Å². The molecule has 3 amide bonds. The summed E-state index contributed by atoms with van der Waals surface area (Å²) in [5, 5.41) is 6.94. The number of benzene rings is 2. The van der Waals surface area contributed by atoms with Gasteiger partial charge >= 0.3 is 0 Å². The second-order valence-electron chi connectivity index (χ2n) is 5.85. The Morgan fingerprint density at radius 1 is 0.962 bits per heavy atom. The van der Waals surface area contributed by atoms with Crippen molar-refractivity contribution in [3.8, 4) is 5.69 Å². The molecule has 0 fully saturated rings. The molecule has 128 valence electrons. The predicted octanol–water partition coefficient (Wildman–Crippen LogP) is 2.35. The Kier molecular flexibility index (Phi) is 3.62. The number of hydrogen-bond donors (Lipinski definition) is 1. The van der Waals surface area contributed by atoms with Gasteiger partial charge in [0.1, 0.15) is 5.69 Å². The molecular weight excluding hydrogens is 332 g/mol. The van der Waals surface area contributed by atoms with Crippen LogP contribution >= 0.6 is 0 Å². The average Bonchev–Trinajstić information content (AvgIpc) is 3.23. The largest absolute Gasteiger partial charge is 0.321 e. The van der Waals surface area contributed by atoms with Crippen molar-refractivity contribution >= 4 is 23.4 Å². The number of nitrogens with zero attached hydrogens (tertiary/aromatic N) is 3. The van der Waals surface area contributed by atoms with Crippen molar-refractivity contribution in [2.45, 2.75) is 0 Å². The molecule has 0 spiro atoms. The van der Waals surface area contributed by atoms with E-state index in [9.17, 15) is 14.4 Å². The molecule has 0 unspecified atom stereocenters. The van der Waals surface area contributed by atoms with Crippen molar-refractivity contribution in [1.82, 2.24) is 14.7 Å². The van der Waals surface area contributed by atoms with Crippen molar-refractivity contribution < 1.29 is 14.4 Å². The Bertz CT molecular complexity index is 1040. The van der Waals surface area contributed by atoms with Gasteiger partial charge in [-0.25, -0.2) is 4.68 Å². The molecule has 2 heterocycles. The Balaban J connectivity index is 1.62. The minimum atomic E-state index is -0.379. The van der Waals surface area contributed by atoms with E-state index >= 15 is 0 Å². The van der Waals surface area contributed by atoms with Gasteiger partial charge in [-0.15, -0.1) is 0 Å². The van der Waals surface area contributed by atoms with Crippen molar-refractivity contribution in [3.05, 3.63) is 77.6 Å². The number of rotatable bonds is 3. The summed E-state index contributed by atoms with van der Waals surface area (Å²) in [6.07, 6.45) is 1.54. The molecule has 1 aliphatic rings. The fourth-order valence-corrected chi connectivity index (χ4v) is 2.88. The highest BCUT2D eigenvalue weighted by Crippen LogP contribution is 2.25. The first-order valence-electron chi connectivity index (χ1n) is 7.93. The number of fused-ring (bicyclic) bond motifs is 1. The Hall–Kier alpha value is -3.74. The second kappa shape index (κ2) is 5.96. The van der Waals surface area contributed by atoms with Gasteiger partial charge in [0, 0.05) is 12.7 Å². The van der Waals surface area contributed by atoms with Gasteiger partial charge in [-0.1, -0.05) is 18.2 Å². The Labute approximate surface area is 148 Å². The molecular formula is C19H14N4O3. The van der Waals surface area contributed by atoms with Crippen molar-refractivity contribution in [2.24, 2.45) is 0 Å². The quantitative estimate of drug-likeness (QED) is 0.738. The standard InChI is InChI=1S/C19H14N4O3/c1-22-18(25)14-8-7-12(11-15(14)19(22)26)21-17(24)16-9-10-20-23(16)13-5-3-2-4-6-13/h2-11H,1H3,(H,21,24). The van der Waals surface area contributed by atoms with Crippen LogP contribution in [0.5, 0.6) is 0 Å². The van der Waals surface area contributed by atoms with Gasteiger partial charge < -0.3 is 5.32 Å². The smallest absolute Gasteiger partial charge is 0.274 e. The van der Waals surface area contributed by atoms with Crippen LogP contribution in [-0.4, -0.2) is 39.4 Å². The van der Waals surface area contributed by atoms with Crippen molar-refractivity contribution in [3.63, 3.8) is 0 Å². The topological polar surface area (TPSA) is 84.3 Å². The number of aromatic nitrogens is 2. The van der Waals surface area contributed by atoms with Crippen LogP contribution in [0.2, 0.25) is 0 Å². The van der Waals surface area contributed by atoms with Crippen LogP contribution in [0, 0.1) is 0 Å². The lowest BCUT2D eigenvalue weighted by atomic mass is 10.1. The van der Waals surface area contributed by atoms with Gasteiger partial charge in [0.2, 0.25) is 0 Å². The van der Waals surface area contributed by atoms with E-state index in [0.717, 1.165) is 10.6 Å². The molecule has 26 heavy (non-hydrogen) atoms. The maximum absolute atomic E-state index is 12.6. The van der Waals surface area contributed by atoms with Gasteiger partial charge in [0.25, 0.3) is 17.7 Å². The fourth-order valence-electron chi connectivity index (χ4n) is 2.88. The summed E-state index contributed by atoms with van der Waals surface area (Å²) in [5.74, 6) is -1.09. The molecule has 0 atom stereocenters. The molecule has 3 aromatic rings. The maximum Gasteiger partial charge on any atom is 0.274 e. The average molecular weight is 346 g/mol. The number of para-hydroxylation sites is 1. The maximum atomic E-state index is 12.6. The zero-order valence-corrected chi connectivity index (χ0v) is 13.8. The van der Waals surface area contributed by atoms with Gasteiger partial charge in [-0.2, -0.15) is 5.10 Å². The normalized spacial score (nSPS) is 13.0. The van der Waals surface area contributed by atoms with Crippen molar-refractivity contribution in [2.75, 3.05) is 12.4 Å². The minimum Gasteiger partial charge on any atom is -0.321 e. The highest BCUT2D eigenvalue weighted by Gasteiger charge is 2.32. The van der Waals surface area contributed by atoms with E-state index in [-0.39, 0.29) is 23.3 Å². The van der Waals surface area contributed by atoms with E-state index in [1.807, 2.05) is 30.3 Å². The number of nitrogens with one attached hydrogen (secondary N) is 1. The molecule has 4 rings (SSSR count). The molecule has 1 aliphatic heterocycles. The SMILES string of the molecule is CN1C(=O)c2ccc(NC(=O)c3ccnn3-c3ccccc3)cc2C1=O. The highest BCUT2D eigenvalue weighted by molar-refractivity contribution is 6.21. The lowest BCUT2D eigenvalue weighted by Gasteiger charge is -2.09. The van der Waals surface area contributed by atoms with Crippen LogP contribution in [0.15, 0.2) is 60.8 Å². The van der Waals surface area contributed by atoms with E-state index in [4.69, 9.17) is 0 Å². The van der Waals surface area contributed by atoms with Gasteiger partial charge in [-0.3, -0.25) is 19.3 Å². The molecule has 1 N–H and O–H groups in total. The van der Waals surface area contributed by atoms with Crippen LogP contribution in [0.1, 0.15) is 31.2 Å². The lowest BCUT2D eigenvalue weighted by Crippen LogP contribution is -2.24. The highest BCUT2D eigenvalue weighted by atomic mass is 16.2. The predicted molar refractivity (Wildman–Crippen MR) is 94.4 cm³/mol. The van der Waals surface area contributed by atoms with Crippen LogP contribution in [0.25, 0.3) is 5.69 Å². The molecule has 0 bridgehead atoms. The number of amides is 3. The first kappa shape index (κ1) is 15.8. The first-order chi connectivity index (χ1) is 12.6. The minimum absolute atomic E-state index is 0.284. The van der Waals surface area contributed by atoms with Crippen molar-refractivity contribution in [1.29, 1.82) is 0 Å². The molecule has 7 nitrogen and oxygen atoms in total. The molecule has 0 radical (unpaired) electrons. The summed E-state index contributed by atoms with van der Waals surface area (Å²) in [6, 6.07) is 15.6. The van der Waals surface area contributed by atoms with E-state index < -0.39 is 0 Å². The first-order valence-corrected chi connectivity index (χ1v) is 7.93. The summed E-state index contributed by atoms with van der Waals surface area (Å²) in [5.41, 5.74) is 2.18. The lowest BCUT2D eigenvalue weighted by molar-refractivity contribution is 0.0692. The molecule has 7 heteroatoms. The summed E-state index contributed by atoms with van der Waals surface area (Å²) < 4.78 is 1.53. The molecule has 0 saturated carbocycles. The Morgan fingerprint density at radius 3 is 2.46 bits per heavy atom. The Morgan fingerprint density at radius 2 is 1.69 bits per heavy atom. The molecule has 0 aliphatic carbocycles. The number of imide groups is 1. The summed E-state index contributed by atoms with van der Waals surface area (Å²) in [4.78, 5) is 37.7. The van der Waals surface area contributed by atoms with Gasteiger partial charge in [0.15, 0.2) is 0 Å². The summed E-state index contributed by atoms with van der Waals surface area (Å²) in [7, 11) is 1.43. The zero-order valence-electron chi connectivity index (χ0n) is 13.8. The zero-order chi connectivity index (χ0) is 18.3. The summed E-state index contributed by atoms with van der Waals surface area (Å²) in [6.45, 7) is 0. The number of anilines is 1. The van der Waals surface area contributed by atoms with Gasteiger partial charge in [-0.05, 0) is 36.4 Å². The second-order valence-corrected chi connectivity index (χ2v) is 5.85. The third-order valence-corrected chi connectivity index (χ3v) is 4.22.